The van der Waals surface area contributed by atoms with E-state index in [9.17, 15) is 4.79 Å². The van der Waals surface area contributed by atoms with Crippen LogP contribution in [0.2, 0.25) is 0 Å². The highest BCUT2D eigenvalue weighted by molar-refractivity contribution is 7.80. The zero-order valence-electron chi connectivity index (χ0n) is 14.7. The van der Waals surface area contributed by atoms with Gasteiger partial charge in [-0.1, -0.05) is 36.4 Å². The number of aryl methyl sites for hydroxylation is 1. The molecule has 6 heteroatoms. The molecule has 3 aromatic rings. The molecule has 5 nitrogen and oxygen atoms in total. The highest BCUT2D eigenvalue weighted by Gasteiger charge is 2.05. The molecule has 3 rings (SSSR count). The van der Waals surface area contributed by atoms with Crippen molar-refractivity contribution in [3.8, 4) is 0 Å². The van der Waals surface area contributed by atoms with E-state index in [2.05, 4.69) is 34.8 Å². The molecule has 0 spiro atoms. The lowest BCUT2D eigenvalue weighted by Crippen LogP contribution is -2.19. The molecule has 0 unspecified atom stereocenters. The number of aromatic nitrogens is 2. The summed E-state index contributed by atoms with van der Waals surface area (Å²) in [6.45, 7) is 4.33. The van der Waals surface area contributed by atoms with Crippen molar-refractivity contribution in [2.45, 2.75) is 20.4 Å². The SMILES string of the molecule is CC(=O)c1cccc(NC(=S)Nc2cnn(Cc3ccccc3C)c2)c1. The van der Waals surface area contributed by atoms with Crippen LogP contribution in [0.5, 0.6) is 0 Å². The van der Waals surface area contributed by atoms with E-state index < -0.39 is 0 Å². The predicted octanol–water partition coefficient (Wildman–Crippen LogP) is 4.25. The third kappa shape index (κ3) is 4.55. The zero-order valence-corrected chi connectivity index (χ0v) is 15.5. The van der Waals surface area contributed by atoms with Crippen molar-refractivity contribution in [1.82, 2.24) is 9.78 Å². The number of Topliss-reactive ketones (excluding diaryl/α,β-unsaturated/α-hetero) is 1. The van der Waals surface area contributed by atoms with Gasteiger partial charge in [0, 0.05) is 17.4 Å². The van der Waals surface area contributed by atoms with E-state index in [1.165, 1.54) is 11.1 Å². The Hall–Kier alpha value is -2.99. The first-order valence-corrected chi connectivity index (χ1v) is 8.68. The Labute approximate surface area is 158 Å². The summed E-state index contributed by atoms with van der Waals surface area (Å²) in [6.07, 6.45) is 3.64. The normalized spacial score (nSPS) is 10.4. The Morgan fingerprint density at radius 1 is 1.12 bits per heavy atom. The van der Waals surface area contributed by atoms with Gasteiger partial charge in [-0.2, -0.15) is 5.10 Å². The van der Waals surface area contributed by atoms with Crippen LogP contribution in [0, 0.1) is 6.92 Å². The molecule has 0 saturated carbocycles. The number of carbonyl (C=O) groups is 1. The lowest BCUT2D eigenvalue weighted by molar-refractivity contribution is 0.101. The number of carbonyl (C=O) groups excluding carboxylic acids is 1. The van der Waals surface area contributed by atoms with Gasteiger partial charge in [-0.3, -0.25) is 9.48 Å². The number of anilines is 2. The summed E-state index contributed by atoms with van der Waals surface area (Å²) in [6, 6.07) is 15.5. The van der Waals surface area contributed by atoms with Gasteiger partial charge in [-0.15, -0.1) is 0 Å². The van der Waals surface area contributed by atoms with Crippen LogP contribution in [-0.2, 0) is 6.54 Å². The summed E-state index contributed by atoms with van der Waals surface area (Å²) in [4.78, 5) is 11.5. The minimum atomic E-state index is 0.0185. The molecule has 132 valence electrons. The summed E-state index contributed by atoms with van der Waals surface area (Å²) in [5.74, 6) is 0.0185. The van der Waals surface area contributed by atoms with Crippen LogP contribution in [0.4, 0.5) is 11.4 Å². The predicted molar refractivity (Wildman–Crippen MR) is 109 cm³/mol. The topological polar surface area (TPSA) is 59.0 Å². The lowest BCUT2D eigenvalue weighted by Gasteiger charge is -2.09. The largest absolute Gasteiger partial charge is 0.332 e. The van der Waals surface area contributed by atoms with Crippen LogP contribution >= 0.6 is 12.2 Å². The van der Waals surface area contributed by atoms with Crippen molar-refractivity contribution in [3.63, 3.8) is 0 Å². The Kier molecular flexibility index (Phi) is 5.43. The van der Waals surface area contributed by atoms with E-state index in [4.69, 9.17) is 12.2 Å². The van der Waals surface area contributed by atoms with Crippen LogP contribution in [0.3, 0.4) is 0 Å². The molecule has 2 N–H and O–H groups in total. The van der Waals surface area contributed by atoms with Crippen molar-refractivity contribution in [2.75, 3.05) is 10.6 Å². The summed E-state index contributed by atoms with van der Waals surface area (Å²) in [5.41, 5.74) is 4.68. The standard InChI is InChI=1S/C20H20N4OS/c1-14-6-3-4-7-17(14)12-24-13-19(11-21-24)23-20(26)22-18-9-5-8-16(10-18)15(2)25/h3-11,13H,12H2,1-2H3,(H2,22,23,26). The molecule has 0 radical (unpaired) electrons. The van der Waals surface area contributed by atoms with Crippen molar-refractivity contribution in [2.24, 2.45) is 0 Å². The second-order valence-electron chi connectivity index (χ2n) is 6.07. The molecule has 1 heterocycles. The number of hydrogen-bond donors (Lipinski definition) is 2. The molecular formula is C20H20N4OS. The number of ketones is 1. The minimum absolute atomic E-state index is 0.0185. The lowest BCUT2D eigenvalue weighted by atomic mass is 10.1. The van der Waals surface area contributed by atoms with Crippen LogP contribution in [0.25, 0.3) is 0 Å². The van der Waals surface area contributed by atoms with Crippen LogP contribution in [0.15, 0.2) is 60.9 Å². The van der Waals surface area contributed by atoms with Crippen molar-refractivity contribution in [3.05, 3.63) is 77.6 Å². The molecule has 0 atom stereocenters. The Bertz CT molecular complexity index is 948. The summed E-state index contributed by atoms with van der Waals surface area (Å²) in [5, 5.41) is 11.0. The van der Waals surface area contributed by atoms with Gasteiger partial charge < -0.3 is 10.6 Å². The van der Waals surface area contributed by atoms with Gasteiger partial charge >= 0.3 is 0 Å². The number of nitrogens with one attached hydrogen (secondary N) is 2. The highest BCUT2D eigenvalue weighted by atomic mass is 32.1. The van der Waals surface area contributed by atoms with E-state index in [-0.39, 0.29) is 5.78 Å². The fraction of sp³-hybridized carbons (Fsp3) is 0.150. The first kappa shape index (κ1) is 17.8. The molecule has 0 aliphatic rings. The van der Waals surface area contributed by atoms with Gasteiger partial charge in [0.15, 0.2) is 10.9 Å². The molecule has 26 heavy (non-hydrogen) atoms. The molecular weight excluding hydrogens is 344 g/mol. The average Bonchev–Trinajstić information content (AvgIpc) is 3.04. The maximum atomic E-state index is 11.5. The van der Waals surface area contributed by atoms with Crippen LogP contribution < -0.4 is 10.6 Å². The highest BCUT2D eigenvalue weighted by Crippen LogP contribution is 2.14. The third-order valence-corrected chi connectivity index (χ3v) is 4.22. The fourth-order valence-electron chi connectivity index (χ4n) is 2.59. The third-order valence-electron chi connectivity index (χ3n) is 4.01. The molecule has 0 aliphatic heterocycles. The van der Waals surface area contributed by atoms with Crippen molar-refractivity contribution >= 4 is 34.5 Å². The van der Waals surface area contributed by atoms with Gasteiger partial charge in [0.05, 0.1) is 18.4 Å². The van der Waals surface area contributed by atoms with E-state index in [0.717, 1.165) is 11.4 Å². The Morgan fingerprint density at radius 2 is 1.88 bits per heavy atom. The smallest absolute Gasteiger partial charge is 0.175 e. The number of nitrogens with zero attached hydrogens (tertiary/aromatic N) is 2. The summed E-state index contributed by atoms with van der Waals surface area (Å²) in [7, 11) is 0. The molecule has 0 fully saturated rings. The van der Waals surface area contributed by atoms with Gasteiger partial charge in [-0.05, 0) is 49.3 Å². The maximum Gasteiger partial charge on any atom is 0.175 e. The van der Waals surface area contributed by atoms with Gasteiger partial charge in [0.2, 0.25) is 0 Å². The van der Waals surface area contributed by atoms with Crippen LogP contribution in [-0.4, -0.2) is 20.7 Å². The van der Waals surface area contributed by atoms with Gasteiger partial charge in [0.25, 0.3) is 0 Å². The Balaban J connectivity index is 1.62. The van der Waals surface area contributed by atoms with Gasteiger partial charge in [-0.25, -0.2) is 0 Å². The monoisotopic (exact) mass is 364 g/mol. The fourth-order valence-corrected chi connectivity index (χ4v) is 2.82. The molecule has 0 amide bonds. The molecule has 1 aromatic heterocycles. The van der Waals surface area contributed by atoms with E-state index in [1.54, 1.807) is 25.3 Å². The quantitative estimate of drug-likeness (QED) is 0.523. The first-order chi connectivity index (χ1) is 12.5. The van der Waals surface area contributed by atoms with Gasteiger partial charge in [0.1, 0.15) is 0 Å². The zero-order chi connectivity index (χ0) is 18.5. The number of hydrogen-bond acceptors (Lipinski definition) is 3. The second-order valence-corrected chi connectivity index (χ2v) is 6.48. The number of thiocarbonyl (C=S) groups is 1. The van der Waals surface area contributed by atoms with Crippen molar-refractivity contribution in [1.29, 1.82) is 0 Å². The average molecular weight is 364 g/mol. The summed E-state index contributed by atoms with van der Waals surface area (Å²) >= 11 is 5.34. The van der Waals surface area contributed by atoms with E-state index in [1.807, 2.05) is 35.1 Å². The molecule has 0 saturated heterocycles. The second kappa shape index (κ2) is 7.93. The number of benzene rings is 2. The first-order valence-electron chi connectivity index (χ1n) is 8.27. The number of rotatable bonds is 5. The van der Waals surface area contributed by atoms with Crippen LogP contribution in [0.1, 0.15) is 28.4 Å². The minimum Gasteiger partial charge on any atom is -0.332 e. The van der Waals surface area contributed by atoms with Crippen molar-refractivity contribution < 1.29 is 4.79 Å². The summed E-state index contributed by atoms with van der Waals surface area (Å²) < 4.78 is 1.86. The van der Waals surface area contributed by atoms with E-state index >= 15 is 0 Å². The maximum absolute atomic E-state index is 11.5. The molecule has 0 aliphatic carbocycles. The molecule has 2 aromatic carbocycles. The molecule has 0 bridgehead atoms. The van der Waals surface area contributed by atoms with E-state index in [0.29, 0.717) is 17.2 Å². The Morgan fingerprint density at radius 3 is 2.65 bits per heavy atom.